The zero-order valence-corrected chi connectivity index (χ0v) is 14.4. The molecule has 0 amide bonds. The number of thiocarbonyl (C=S) groups is 1. The Bertz CT molecular complexity index is 859. The van der Waals surface area contributed by atoms with Crippen LogP contribution in [0.2, 0.25) is 0 Å². The molecule has 0 aliphatic rings. The normalized spacial score (nSPS) is 10.4. The average molecular weight is 338 g/mol. The molecule has 2 aromatic carbocycles. The van der Waals surface area contributed by atoms with E-state index >= 15 is 0 Å². The van der Waals surface area contributed by atoms with Gasteiger partial charge in [-0.15, -0.1) is 0 Å². The van der Waals surface area contributed by atoms with Gasteiger partial charge in [0.25, 0.3) is 0 Å². The lowest BCUT2D eigenvalue weighted by Crippen LogP contribution is -2.28. The second-order valence-electron chi connectivity index (χ2n) is 5.56. The van der Waals surface area contributed by atoms with E-state index in [0.29, 0.717) is 23.4 Å². The predicted octanol–water partition coefficient (Wildman–Crippen LogP) is 3.84. The Morgan fingerprint density at radius 2 is 1.83 bits per heavy atom. The Balaban J connectivity index is 1.58. The molecular weight excluding hydrogens is 320 g/mol. The number of hydrogen-bond acceptors (Lipinski definition) is 4. The molecule has 0 fully saturated rings. The number of nitrogens with zero attached hydrogens (tertiary/aromatic N) is 2. The highest BCUT2D eigenvalue weighted by atomic mass is 32.1. The summed E-state index contributed by atoms with van der Waals surface area (Å²) in [7, 11) is 0. The summed E-state index contributed by atoms with van der Waals surface area (Å²) in [5.41, 5.74) is 4.20. The first-order valence-electron chi connectivity index (χ1n) is 7.61. The van der Waals surface area contributed by atoms with Crippen LogP contribution in [0.5, 0.6) is 0 Å². The Morgan fingerprint density at radius 3 is 2.58 bits per heavy atom. The molecule has 3 aromatic rings. The summed E-state index contributed by atoms with van der Waals surface area (Å²) in [4.78, 5) is 4.39. The van der Waals surface area contributed by atoms with Crippen LogP contribution < -0.4 is 10.6 Å². The zero-order chi connectivity index (χ0) is 16.9. The third-order valence-corrected chi connectivity index (χ3v) is 3.67. The van der Waals surface area contributed by atoms with Crippen molar-refractivity contribution >= 4 is 23.0 Å². The number of benzene rings is 2. The summed E-state index contributed by atoms with van der Waals surface area (Å²) >= 11 is 5.28. The van der Waals surface area contributed by atoms with Crippen molar-refractivity contribution in [1.29, 1.82) is 0 Å². The van der Waals surface area contributed by atoms with E-state index in [2.05, 4.69) is 20.8 Å². The van der Waals surface area contributed by atoms with Crippen LogP contribution >= 0.6 is 12.2 Å². The van der Waals surface area contributed by atoms with Gasteiger partial charge in [0.05, 0.1) is 6.54 Å². The second-order valence-corrected chi connectivity index (χ2v) is 5.97. The molecule has 0 spiro atoms. The van der Waals surface area contributed by atoms with Crippen molar-refractivity contribution in [2.45, 2.75) is 20.4 Å². The summed E-state index contributed by atoms with van der Waals surface area (Å²) in [6, 6.07) is 16.0. The van der Waals surface area contributed by atoms with Gasteiger partial charge in [-0.1, -0.05) is 41.1 Å². The van der Waals surface area contributed by atoms with E-state index in [1.165, 1.54) is 5.56 Å². The van der Waals surface area contributed by atoms with Crippen LogP contribution in [0.25, 0.3) is 11.4 Å². The lowest BCUT2D eigenvalue weighted by atomic mass is 10.1. The standard InChI is InChI=1S/C18H18N4OS/c1-12-5-3-7-14(9-12)17-21-16(23-22-17)11-19-18(24)20-15-8-4-6-13(2)10-15/h3-10H,11H2,1-2H3,(H2,19,20,24). The van der Waals surface area contributed by atoms with E-state index in [4.69, 9.17) is 16.7 Å². The molecule has 0 saturated heterocycles. The number of aryl methyl sites for hydroxylation is 2. The van der Waals surface area contributed by atoms with Crippen LogP contribution in [0.1, 0.15) is 17.0 Å². The highest BCUT2D eigenvalue weighted by Gasteiger charge is 2.09. The fourth-order valence-electron chi connectivity index (χ4n) is 2.28. The Kier molecular flexibility index (Phi) is 4.86. The van der Waals surface area contributed by atoms with Crippen molar-refractivity contribution in [3.05, 3.63) is 65.5 Å². The van der Waals surface area contributed by atoms with Gasteiger partial charge >= 0.3 is 0 Å². The molecule has 2 N–H and O–H groups in total. The highest BCUT2D eigenvalue weighted by Crippen LogP contribution is 2.17. The number of hydrogen-bond donors (Lipinski definition) is 2. The van der Waals surface area contributed by atoms with Crippen LogP contribution in [0.3, 0.4) is 0 Å². The first-order valence-corrected chi connectivity index (χ1v) is 8.02. The molecule has 0 aliphatic heterocycles. The molecule has 0 atom stereocenters. The number of nitrogens with one attached hydrogen (secondary N) is 2. The molecule has 1 aromatic heterocycles. The van der Waals surface area contributed by atoms with Gasteiger partial charge in [-0.3, -0.25) is 0 Å². The van der Waals surface area contributed by atoms with Crippen molar-refractivity contribution in [3.63, 3.8) is 0 Å². The van der Waals surface area contributed by atoms with Crippen molar-refractivity contribution in [2.75, 3.05) is 5.32 Å². The summed E-state index contributed by atoms with van der Waals surface area (Å²) in [6.45, 7) is 4.44. The van der Waals surface area contributed by atoms with Gasteiger partial charge in [-0.25, -0.2) is 0 Å². The molecular formula is C18H18N4OS. The molecule has 3 rings (SSSR count). The predicted molar refractivity (Wildman–Crippen MR) is 98.7 cm³/mol. The molecule has 5 nitrogen and oxygen atoms in total. The monoisotopic (exact) mass is 338 g/mol. The number of aromatic nitrogens is 2. The van der Waals surface area contributed by atoms with Crippen molar-refractivity contribution in [1.82, 2.24) is 15.5 Å². The number of rotatable bonds is 4. The van der Waals surface area contributed by atoms with Crippen molar-refractivity contribution in [2.24, 2.45) is 0 Å². The van der Waals surface area contributed by atoms with Crippen molar-refractivity contribution in [3.8, 4) is 11.4 Å². The third-order valence-electron chi connectivity index (χ3n) is 3.42. The lowest BCUT2D eigenvalue weighted by Gasteiger charge is -2.09. The Labute approximate surface area is 146 Å². The fourth-order valence-corrected chi connectivity index (χ4v) is 2.47. The van der Waals surface area contributed by atoms with Gasteiger partial charge in [0.2, 0.25) is 11.7 Å². The zero-order valence-electron chi connectivity index (χ0n) is 13.5. The maximum absolute atomic E-state index is 5.28. The summed E-state index contributed by atoms with van der Waals surface area (Å²) < 4.78 is 5.27. The van der Waals surface area contributed by atoms with Crippen LogP contribution in [-0.4, -0.2) is 15.3 Å². The van der Waals surface area contributed by atoms with E-state index in [1.807, 2.05) is 62.4 Å². The first kappa shape index (κ1) is 16.1. The molecule has 122 valence electrons. The maximum Gasteiger partial charge on any atom is 0.246 e. The van der Waals surface area contributed by atoms with E-state index in [-0.39, 0.29) is 0 Å². The lowest BCUT2D eigenvalue weighted by molar-refractivity contribution is 0.376. The van der Waals surface area contributed by atoms with Gasteiger partial charge < -0.3 is 15.2 Å². The quantitative estimate of drug-likeness (QED) is 0.705. The molecule has 0 unspecified atom stereocenters. The minimum Gasteiger partial charge on any atom is -0.353 e. The Hall–Kier alpha value is -2.73. The largest absolute Gasteiger partial charge is 0.353 e. The van der Waals surface area contributed by atoms with E-state index < -0.39 is 0 Å². The molecule has 1 heterocycles. The molecule has 0 bridgehead atoms. The topological polar surface area (TPSA) is 63.0 Å². The van der Waals surface area contributed by atoms with Crippen LogP contribution in [0.15, 0.2) is 53.1 Å². The fraction of sp³-hybridized carbons (Fsp3) is 0.167. The highest BCUT2D eigenvalue weighted by molar-refractivity contribution is 7.80. The first-order chi connectivity index (χ1) is 11.6. The SMILES string of the molecule is Cc1cccc(NC(=S)NCc2nc(-c3cccc(C)c3)no2)c1. The van der Waals surface area contributed by atoms with E-state index in [0.717, 1.165) is 16.8 Å². The van der Waals surface area contributed by atoms with Crippen molar-refractivity contribution < 1.29 is 4.52 Å². The van der Waals surface area contributed by atoms with Gasteiger partial charge in [0, 0.05) is 11.3 Å². The van der Waals surface area contributed by atoms with Crippen LogP contribution in [0.4, 0.5) is 5.69 Å². The van der Waals surface area contributed by atoms with E-state index in [9.17, 15) is 0 Å². The summed E-state index contributed by atoms with van der Waals surface area (Å²) in [5.74, 6) is 1.06. The number of anilines is 1. The molecule has 24 heavy (non-hydrogen) atoms. The molecule has 0 radical (unpaired) electrons. The average Bonchev–Trinajstić information content (AvgIpc) is 3.02. The van der Waals surface area contributed by atoms with Gasteiger partial charge in [0.1, 0.15) is 0 Å². The minimum atomic E-state index is 0.371. The molecule has 0 aliphatic carbocycles. The van der Waals surface area contributed by atoms with Crippen LogP contribution in [0, 0.1) is 13.8 Å². The minimum absolute atomic E-state index is 0.371. The smallest absolute Gasteiger partial charge is 0.246 e. The van der Waals surface area contributed by atoms with Crippen LogP contribution in [-0.2, 0) is 6.54 Å². The Morgan fingerprint density at radius 1 is 1.08 bits per heavy atom. The molecule has 6 heteroatoms. The van der Waals surface area contributed by atoms with Gasteiger partial charge in [-0.05, 0) is 49.8 Å². The second kappa shape index (κ2) is 7.23. The van der Waals surface area contributed by atoms with E-state index in [1.54, 1.807) is 0 Å². The third kappa shape index (κ3) is 4.17. The summed E-state index contributed by atoms with van der Waals surface area (Å²) in [5, 5.41) is 10.7. The maximum atomic E-state index is 5.28. The van der Waals surface area contributed by atoms with Gasteiger partial charge in [-0.2, -0.15) is 4.98 Å². The van der Waals surface area contributed by atoms with Gasteiger partial charge in [0.15, 0.2) is 5.11 Å². The summed E-state index contributed by atoms with van der Waals surface area (Å²) in [6.07, 6.45) is 0. The molecule has 0 saturated carbocycles.